The van der Waals surface area contributed by atoms with Crippen LogP contribution in [0.15, 0.2) is 30.3 Å². The van der Waals surface area contributed by atoms with Gasteiger partial charge < -0.3 is 15.0 Å². The topological polar surface area (TPSA) is 42.3 Å². The summed E-state index contributed by atoms with van der Waals surface area (Å²) in [6.07, 6.45) is 0.0565. The molecule has 0 aliphatic heterocycles. The minimum atomic E-state index is 0.0565. The van der Waals surface area contributed by atoms with Crippen LogP contribution in [0, 0.1) is 6.92 Å². The van der Waals surface area contributed by atoms with Gasteiger partial charge in [-0.05, 0) is 12.5 Å². The zero-order valence-electron chi connectivity index (χ0n) is 14.1. The Labute approximate surface area is 132 Å². The first-order chi connectivity index (χ1) is 10.5. The summed E-state index contributed by atoms with van der Waals surface area (Å²) in [6, 6.07) is 10.3. The summed E-state index contributed by atoms with van der Waals surface area (Å²) in [5.74, 6) is 1.14. The molecule has 0 radical (unpaired) electrons. The molecule has 2 rings (SSSR count). The largest absolute Gasteiger partial charge is 0.375 e. The number of hydrogen-bond acceptors (Lipinski definition) is 4. The summed E-state index contributed by atoms with van der Waals surface area (Å²) in [7, 11) is 7.82. The van der Waals surface area contributed by atoms with Crippen LogP contribution in [-0.2, 0) is 18.3 Å². The molecule has 0 bridgehead atoms. The maximum Gasteiger partial charge on any atom is 0.130 e. The van der Waals surface area contributed by atoms with Gasteiger partial charge in [-0.2, -0.15) is 5.10 Å². The van der Waals surface area contributed by atoms with Gasteiger partial charge in [-0.3, -0.25) is 4.68 Å². The van der Waals surface area contributed by atoms with Crippen molar-refractivity contribution in [2.45, 2.75) is 19.6 Å². The van der Waals surface area contributed by atoms with E-state index in [0.29, 0.717) is 0 Å². The number of ether oxygens (including phenoxy) is 1. The van der Waals surface area contributed by atoms with E-state index < -0.39 is 0 Å². The maximum absolute atomic E-state index is 5.59. The minimum Gasteiger partial charge on any atom is -0.375 e. The van der Waals surface area contributed by atoms with Gasteiger partial charge >= 0.3 is 0 Å². The number of methoxy groups -OCH3 is 1. The lowest BCUT2D eigenvalue weighted by Crippen LogP contribution is -2.24. The Kier molecular flexibility index (Phi) is 5.57. The van der Waals surface area contributed by atoms with Crippen LogP contribution in [0.1, 0.15) is 22.9 Å². The highest BCUT2D eigenvalue weighted by atomic mass is 16.5. The normalized spacial score (nSPS) is 12.4. The number of anilines is 1. The van der Waals surface area contributed by atoms with E-state index in [1.54, 1.807) is 7.11 Å². The number of rotatable bonds is 7. The van der Waals surface area contributed by atoms with Crippen molar-refractivity contribution in [3.05, 3.63) is 47.2 Å². The Bertz CT molecular complexity index is 592. The summed E-state index contributed by atoms with van der Waals surface area (Å²) in [5, 5.41) is 8.01. The van der Waals surface area contributed by atoms with Gasteiger partial charge in [-0.15, -0.1) is 0 Å². The molecule has 0 spiro atoms. The molecule has 2 aromatic rings. The average molecular weight is 302 g/mol. The molecule has 1 heterocycles. The van der Waals surface area contributed by atoms with Crippen molar-refractivity contribution in [1.29, 1.82) is 0 Å². The van der Waals surface area contributed by atoms with Crippen LogP contribution in [0.25, 0.3) is 0 Å². The van der Waals surface area contributed by atoms with Crippen molar-refractivity contribution < 1.29 is 4.74 Å². The molecule has 0 saturated heterocycles. The molecule has 5 nitrogen and oxygen atoms in total. The van der Waals surface area contributed by atoms with Gasteiger partial charge in [0.05, 0.1) is 11.8 Å². The third-order valence-electron chi connectivity index (χ3n) is 3.82. The highest BCUT2D eigenvalue weighted by Gasteiger charge is 2.15. The van der Waals surface area contributed by atoms with Gasteiger partial charge in [0, 0.05) is 46.9 Å². The van der Waals surface area contributed by atoms with E-state index in [1.165, 1.54) is 11.1 Å². The number of hydrogen-bond donors (Lipinski definition) is 1. The summed E-state index contributed by atoms with van der Waals surface area (Å²) < 4.78 is 7.52. The summed E-state index contributed by atoms with van der Waals surface area (Å²) in [4.78, 5) is 2.10. The van der Waals surface area contributed by atoms with Crippen LogP contribution < -0.4 is 10.2 Å². The van der Waals surface area contributed by atoms with Gasteiger partial charge in [0.15, 0.2) is 0 Å². The Hall–Kier alpha value is -1.85. The number of nitrogens with one attached hydrogen (secondary N) is 1. The Balaban J connectivity index is 2.02. The molecule has 1 N–H and O–H groups in total. The smallest absolute Gasteiger partial charge is 0.130 e. The van der Waals surface area contributed by atoms with Gasteiger partial charge in [0.25, 0.3) is 0 Å². The third-order valence-corrected chi connectivity index (χ3v) is 3.82. The molecule has 0 unspecified atom stereocenters. The van der Waals surface area contributed by atoms with Gasteiger partial charge in [0.1, 0.15) is 5.82 Å². The fourth-order valence-corrected chi connectivity index (χ4v) is 2.79. The van der Waals surface area contributed by atoms with Crippen molar-refractivity contribution in [2.75, 3.05) is 32.6 Å². The molecule has 1 aromatic carbocycles. The molecule has 0 fully saturated rings. The van der Waals surface area contributed by atoms with E-state index in [-0.39, 0.29) is 6.10 Å². The number of aromatic nitrogens is 2. The summed E-state index contributed by atoms with van der Waals surface area (Å²) in [6.45, 7) is 3.59. The second kappa shape index (κ2) is 7.42. The standard InChI is InChI=1S/C17H26N4O/c1-13-15(17(20(2)3)21(4)19-13)11-18-12-16(22-5)14-9-7-6-8-10-14/h6-10,16,18H,11-12H2,1-5H3/t16-/m1/s1. The SMILES string of the molecule is CO[C@H](CNCc1c(C)nn(C)c1N(C)C)c1ccccc1. The van der Waals surface area contributed by atoms with Crippen molar-refractivity contribution in [3.8, 4) is 0 Å². The fraction of sp³-hybridized carbons (Fsp3) is 0.471. The van der Waals surface area contributed by atoms with Crippen LogP contribution in [-0.4, -0.2) is 37.5 Å². The highest BCUT2D eigenvalue weighted by molar-refractivity contribution is 5.48. The first kappa shape index (κ1) is 16.5. The monoisotopic (exact) mass is 302 g/mol. The van der Waals surface area contributed by atoms with Crippen LogP contribution >= 0.6 is 0 Å². The fourth-order valence-electron chi connectivity index (χ4n) is 2.79. The van der Waals surface area contributed by atoms with Gasteiger partial charge in [-0.1, -0.05) is 30.3 Å². The zero-order valence-corrected chi connectivity index (χ0v) is 14.1. The van der Waals surface area contributed by atoms with Crippen molar-refractivity contribution in [1.82, 2.24) is 15.1 Å². The maximum atomic E-state index is 5.59. The molecule has 22 heavy (non-hydrogen) atoms. The third kappa shape index (κ3) is 3.67. The van der Waals surface area contributed by atoms with Crippen molar-refractivity contribution >= 4 is 5.82 Å². The predicted molar refractivity (Wildman–Crippen MR) is 90.2 cm³/mol. The number of aryl methyl sites for hydroxylation is 2. The zero-order chi connectivity index (χ0) is 16.1. The molecular weight excluding hydrogens is 276 g/mol. The highest BCUT2D eigenvalue weighted by Crippen LogP contribution is 2.21. The molecule has 0 amide bonds. The summed E-state index contributed by atoms with van der Waals surface area (Å²) >= 11 is 0. The molecule has 0 aliphatic carbocycles. The molecule has 120 valence electrons. The van der Waals surface area contributed by atoms with Crippen LogP contribution in [0.5, 0.6) is 0 Å². The molecule has 0 saturated carbocycles. The lowest BCUT2D eigenvalue weighted by Gasteiger charge is -2.18. The summed E-state index contributed by atoms with van der Waals surface area (Å²) in [5.41, 5.74) is 3.48. The van der Waals surface area contributed by atoms with E-state index in [2.05, 4.69) is 34.4 Å². The van der Waals surface area contributed by atoms with E-state index in [9.17, 15) is 0 Å². The average Bonchev–Trinajstić information content (AvgIpc) is 2.78. The molecule has 1 atom stereocenters. The first-order valence-electron chi connectivity index (χ1n) is 7.52. The molecular formula is C17H26N4O. The van der Waals surface area contributed by atoms with Crippen molar-refractivity contribution in [3.63, 3.8) is 0 Å². The Morgan fingerprint density at radius 1 is 1.27 bits per heavy atom. The minimum absolute atomic E-state index is 0.0565. The Morgan fingerprint density at radius 2 is 1.95 bits per heavy atom. The van der Waals surface area contributed by atoms with E-state index >= 15 is 0 Å². The lowest BCUT2D eigenvalue weighted by molar-refractivity contribution is 0.102. The van der Waals surface area contributed by atoms with Gasteiger partial charge in [0.2, 0.25) is 0 Å². The van der Waals surface area contributed by atoms with E-state index in [4.69, 9.17) is 4.74 Å². The first-order valence-corrected chi connectivity index (χ1v) is 7.52. The van der Waals surface area contributed by atoms with E-state index in [1.807, 2.05) is 44.0 Å². The predicted octanol–water partition coefficient (Wildman–Crippen LogP) is 2.27. The molecule has 0 aliphatic rings. The molecule has 1 aromatic heterocycles. The number of benzene rings is 1. The van der Waals surface area contributed by atoms with Crippen LogP contribution in [0.3, 0.4) is 0 Å². The quantitative estimate of drug-likeness (QED) is 0.852. The number of nitrogens with zero attached hydrogens (tertiary/aromatic N) is 3. The van der Waals surface area contributed by atoms with Gasteiger partial charge in [-0.25, -0.2) is 0 Å². The Morgan fingerprint density at radius 3 is 2.55 bits per heavy atom. The second-order valence-electron chi connectivity index (χ2n) is 5.67. The van der Waals surface area contributed by atoms with E-state index in [0.717, 1.165) is 24.6 Å². The second-order valence-corrected chi connectivity index (χ2v) is 5.67. The van der Waals surface area contributed by atoms with Crippen LogP contribution in [0.4, 0.5) is 5.82 Å². The lowest BCUT2D eigenvalue weighted by atomic mass is 10.1. The molecule has 5 heteroatoms. The van der Waals surface area contributed by atoms with Crippen molar-refractivity contribution in [2.24, 2.45) is 7.05 Å². The van der Waals surface area contributed by atoms with Crippen LogP contribution in [0.2, 0.25) is 0 Å².